The van der Waals surface area contributed by atoms with Crippen LogP contribution in [0.4, 0.5) is 0 Å². The number of hydrogen-bond donors (Lipinski definition) is 3. The lowest BCUT2D eigenvalue weighted by molar-refractivity contribution is -0.271. The minimum Gasteiger partial charge on any atom is -0.456 e. The van der Waals surface area contributed by atoms with Crippen molar-refractivity contribution in [3.05, 3.63) is 11.6 Å². The van der Waals surface area contributed by atoms with Gasteiger partial charge >= 0.3 is 11.9 Å². The van der Waals surface area contributed by atoms with E-state index >= 15 is 0 Å². The summed E-state index contributed by atoms with van der Waals surface area (Å²) in [7, 11) is 0. The van der Waals surface area contributed by atoms with Crippen molar-refractivity contribution in [1.29, 1.82) is 0 Å². The molecule has 210 valence electrons. The van der Waals surface area contributed by atoms with Gasteiger partial charge in [0.2, 0.25) is 0 Å². The van der Waals surface area contributed by atoms with E-state index < -0.39 is 46.9 Å². The van der Waals surface area contributed by atoms with Crippen molar-refractivity contribution in [2.75, 3.05) is 0 Å². The molecule has 0 aromatic rings. The van der Waals surface area contributed by atoms with Crippen LogP contribution in [0.5, 0.6) is 0 Å². The Morgan fingerprint density at radius 2 is 1.87 bits per heavy atom. The van der Waals surface area contributed by atoms with Crippen molar-refractivity contribution < 1.29 is 43.9 Å². The third-order valence-electron chi connectivity index (χ3n) is 11.9. The molecule has 38 heavy (non-hydrogen) atoms. The molecule has 2 saturated carbocycles. The summed E-state index contributed by atoms with van der Waals surface area (Å²) in [5, 5.41) is 35.1. The van der Waals surface area contributed by atoms with Crippen molar-refractivity contribution in [2.45, 2.75) is 120 Å². The summed E-state index contributed by atoms with van der Waals surface area (Å²) >= 11 is 0. The van der Waals surface area contributed by atoms with Crippen LogP contribution in [-0.4, -0.2) is 74.3 Å². The monoisotopic (exact) mass is 532 g/mol. The molecule has 2 aliphatic carbocycles. The largest absolute Gasteiger partial charge is 0.456 e. The molecule has 0 amide bonds. The van der Waals surface area contributed by atoms with Crippen LogP contribution in [-0.2, 0) is 28.5 Å². The molecule has 0 radical (unpaired) electrons. The highest BCUT2D eigenvalue weighted by atomic mass is 16.7. The van der Waals surface area contributed by atoms with Gasteiger partial charge in [-0.05, 0) is 69.8 Å². The van der Waals surface area contributed by atoms with E-state index in [0.29, 0.717) is 31.3 Å². The van der Waals surface area contributed by atoms with Gasteiger partial charge in [0.1, 0.15) is 23.9 Å². The average Bonchev–Trinajstić information content (AvgIpc) is 3.02. The second-order valence-electron chi connectivity index (χ2n) is 14.2. The molecule has 9 heteroatoms. The zero-order valence-electron chi connectivity index (χ0n) is 22.8. The fraction of sp³-hybridized carbons (Fsp3) is 0.862. The highest BCUT2D eigenvalue weighted by Gasteiger charge is 2.82. The Morgan fingerprint density at radius 1 is 1.13 bits per heavy atom. The van der Waals surface area contributed by atoms with Crippen molar-refractivity contribution in [3.63, 3.8) is 0 Å². The molecule has 7 rings (SSSR count). The van der Waals surface area contributed by atoms with Crippen LogP contribution < -0.4 is 0 Å². The first kappa shape index (κ1) is 25.4. The van der Waals surface area contributed by atoms with Crippen LogP contribution in [0, 0.1) is 35.0 Å². The number of carbonyl (C=O) groups excluding carboxylic acids is 2. The number of cyclic esters (lactones) is 1. The highest BCUT2D eigenvalue weighted by Crippen LogP contribution is 2.76. The van der Waals surface area contributed by atoms with Gasteiger partial charge < -0.3 is 34.3 Å². The number of aliphatic hydroxyl groups excluding tert-OH is 2. The molecule has 13 atom stereocenters. The lowest BCUT2D eigenvalue weighted by atomic mass is 9.69. The third-order valence-corrected chi connectivity index (χ3v) is 11.9. The Balaban J connectivity index is 1.21. The maximum Gasteiger partial charge on any atom is 0.334 e. The maximum absolute atomic E-state index is 12.5. The van der Waals surface area contributed by atoms with Crippen molar-refractivity contribution in [2.24, 2.45) is 35.0 Å². The Morgan fingerprint density at radius 3 is 2.55 bits per heavy atom. The lowest BCUT2D eigenvalue weighted by Gasteiger charge is -2.41. The van der Waals surface area contributed by atoms with Crippen LogP contribution >= 0.6 is 0 Å². The van der Waals surface area contributed by atoms with Gasteiger partial charge in [0.25, 0.3) is 0 Å². The first-order chi connectivity index (χ1) is 17.7. The van der Waals surface area contributed by atoms with Gasteiger partial charge in [0.05, 0.1) is 23.7 Å². The molecule has 5 aliphatic heterocycles. The standard InChI is InChI=1S/C29H40O9/c1-13-10-16(35-24(13)33)21(31)14(2)20-22-26(20,5)8-9-27-12-28-17(7-6-15(27)23(32)29(22,34)38-27)25(3,4)36-18(28)11-19(30)37-28/h10,14-18,20-23,31-32,34H,6-9,11-12H2,1-5H3/t14-,15-,16-,17-,18+,20+,21-,22-,23+,26+,27-,28+,29-/m1/s1. The molecular weight excluding hydrogens is 492 g/mol. The number of hydrogen-bond acceptors (Lipinski definition) is 9. The van der Waals surface area contributed by atoms with Crippen molar-refractivity contribution >= 4 is 11.9 Å². The minimum atomic E-state index is -1.77. The predicted molar refractivity (Wildman–Crippen MR) is 131 cm³/mol. The van der Waals surface area contributed by atoms with Gasteiger partial charge in [-0.15, -0.1) is 0 Å². The highest BCUT2D eigenvalue weighted by molar-refractivity contribution is 5.90. The molecule has 3 N–H and O–H groups in total. The molecule has 9 nitrogen and oxygen atoms in total. The molecule has 7 aliphatic rings. The fourth-order valence-electron chi connectivity index (χ4n) is 10.3. The van der Waals surface area contributed by atoms with Gasteiger partial charge in [-0.2, -0.15) is 0 Å². The smallest absolute Gasteiger partial charge is 0.334 e. The molecular formula is C29H40O9. The van der Waals surface area contributed by atoms with E-state index in [1.54, 1.807) is 13.0 Å². The van der Waals surface area contributed by atoms with E-state index in [-0.39, 0.29) is 53.5 Å². The SMILES string of the molecule is CC1=C[C@H]([C@H](O)[C@H](C)[C@H]2[C@@H]3[C@@]2(C)CC[C@@]24C[C@@]56OC(=O)C[C@@H]5OC(C)(C)[C@H]6CC[C@@H]2[C@H](O)[C@]3(O)O4)OC1=O. The van der Waals surface area contributed by atoms with Crippen molar-refractivity contribution in [1.82, 2.24) is 0 Å². The van der Waals surface area contributed by atoms with Crippen LogP contribution in [0.1, 0.15) is 73.1 Å². The summed E-state index contributed by atoms with van der Waals surface area (Å²) in [5.74, 6) is -3.57. The molecule has 0 aromatic heterocycles. The van der Waals surface area contributed by atoms with Crippen LogP contribution in [0.2, 0.25) is 0 Å². The van der Waals surface area contributed by atoms with Crippen molar-refractivity contribution in [3.8, 4) is 0 Å². The first-order valence-corrected chi connectivity index (χ1v) is 14.3. The second kappa shape index (κ2) is 7.40. The summed E-state index contributed by atoms with van der Waals surface area (Å²) in [6, 6.07) is 0. The van der Waals surface area contributed by atoms with E-state index in [0.717, 1.165) is 6.42 Å². The molecule has 2 spiro atoms. The van der Waals surface area contributed by atoms with Gasteiger partial charge in [0, 0.05) is 29.7 Å². The molecule has 0 aromatic carbocycles. The Hall–Kier alpha value is -1.52. The quantitative estimate of drug-likeness (QED) is 0.467. The number of ether oxygens (including phenoxy) is 4. The fourth-order valence-corrected chi connectivity index (χ4v) is 10.3. The lowest BCUT2D eigenvalue weighted by Crippen LogP contribution is -2.51. The summed E-state index contributed by atoms with van der Waals surface area (Å²) < 4.78 is 24.6. The van der Waals surface area contributed by atoms with Gasteiger partial charge in [-0.25, -0.2) is 4.79 Å². The Kier molecular flexibility index (Phi) is 4.96. The van der Waals surface area contributed by atoms with E-state index in [1.807, 2.05) is 6.92 Å². The van der Waals surface area contributed by atoms with Crippen LogP contribution in [0.3, 0.4) is 0 Å². The van der Waals surface area contributed by atoms with E-state index in [9.17, 15) is 24.9 Å². The van der Waals surface area contributed by atoms with E-state index in [2.05, 4.69) is 20.8 Å². The zero-order chi connectivity index (χ0) is 27.2. The second-order valence-corrected chi connectivity index (χ2v) is 14.2. The Labute approximate surface area is 222 Å². The zero-order valence-corrected chi connectivity index (χ0v) is 22.8. The summed E-state index contributed by atoms with van der Waals surface area (Å²) in [4.78, 5) is 24.4. The molecule has 0 unspecified atom stereocenters. The molecule has 2 bridgehead atoms. The van der Waals surface area contributed by atoms with E-state index in [1.165, 1.54) is 0 Å². The van der Waals surface area contributed by atoms with Gasteiger partial charge in [-0.3, -0.25) is 4.79 Å². The summed E-state index contributed by atoms with van der Waals surface area (Å²) in [6.45, 7) is 9.80. The normalized spacial score (nSPS) is 55.4. The predicted octanol–water partition coefficient (Wildman–Crippen LogP) is 2.00. The summed E-state index contributed by atoms with van der Waals surface area (Å²) in [6.07, 6.45) is 1.88. The minimum absolute atomic E-state index is 0.0164. The van der Waals surface area contributed by atoms with Gasteiger partial charge in [-0.1, -0.05) is 13.8 Å². The maximum atomic E-state index is 12.5. The van der Waals surface area contributed by atoms with Crippen LogP contribution in [0.15, 0.2) is 11.6 Å². The number of carbonyl (C=O) groups is 2. The first-order valence-electron chi connectivity index (χ1n) is 14.3. The number of esters is 2. The molecule has 4 saturated heterocycles. The molecule has 5 heterocycles. The number of rotatable bonds is 3. The van der Waals surface area contributed by atoms with Crippen LogP contribution in [0.25, 0.3) is 0 Å². The number of aliphatic hydroxyl groups is 3. The number of fused-ring (bicyclic) bond motifs is 3. The van der Waals surface area contributed by atoms with E-state index in [4.69, 9.17) is 18.9 Å². The Bertz CT molecular complexity index is 1130. The van der Waals surface area contributed by atoms with Gasteiger partial charge in [0.15, 0.2) is 5.79 Å². The third kappa shape index (κ3) is 2.95. The topological polar surface area (TPSA) is 132 Å². The summed E-state index contributed by atoms with van der Waals surface area (Å²) in [5.41, 5.74) is -2.01. The average molecular weight is 533 g/mol. The molecule has 6 fully saturated rings.